The molecule has 10 heteroatoms. The van der Waals surface area contributed by atoms with Crippen molar-refractivity contribution in [3.05, 3.63) is 34.3 Å². The number of carbonyl (C=O) groups excluding carboxylic acids is 1. The number of carboxylic acid groups (broad SMARTS) is 1. The van der Waals surface area contributed by atoms with E-state index in [1.807, 2.05) is 0 Å². The summed E-state index contributed by atoms with van der Waals surface area (Å²) in [7, 11) is 0. The summed E-state index contributed by atoms with van der Waals surface area (Å²) in [4.78, 5) is 21.4. The molecule has 0 saturated carbocycles. The molecule has 0 aliphatic carbocycles. The zero-order chi connectivity index (χ0) is 16.6. The number of benzene rings is 1. The van der Waals surface area contributed by atoms with Crippen molar-refractivity contribution in [1.29, 1.82) is 0 Å². The van der Waals surface area contributed by atoms with E-state index >= 15 is 0 Å². The third kappa shape index (κ3) is 2.76. The zero-order valence-corrected chi connectivity index (χ0v) is 11.3. The number of hydrogen-bond donors (Lipinski definition) is 1. The Hall–Kier alpha value is -1.58. The highest BCUT2D eigenvalue weighted by molar-refractivity contribution is 9.10. The Morgan fingerprint density at radius 3 is 1.71 bits per heavy atom. The first-order valence-electron chi connectivity index (χ1n) is 5.03. The van der Waals surface area contributed by atoms with Gasteiger partial charge in [0.1, 0.15) is 0 Å². The van der Waals surface area contributed by atoms with Gasteiger partial charge in [0.15, 0.2) is 0 Å². The van der Waals surface area contributed by atoms with E-state index in [2.05, 4.69) is 15.9 Å². The average molecular weight is 379 g/mol. The third-order valence-electron chi connectivity index (χ3n) is 2.45. The molecular weight excluding hydrogens is 374 g/mol. The van der Waals surface area contributed by atoms with Gasteiger partial charge in [-0.1, -0.05) is 28.1 Å². The summed E-state index contributed by atoms with van der Waals surface area (Å²) in [6, 6.07) is 3.51. The summed E-state index contributed by atoms with van der Waals surface area (Å²) >= 11 is 2.89. The predicted molar refractivity (Wildman–Crippen MR) is 60.9 cm³/mol. The molecule has 0 aliphatic rings. The standard InChI is InChI=1S/C11H5BrF6O3/c12-6-3-1-5(2-4-6)7(19)9(13,14)11(17,18)10(15,16)8(20)21/h1-4H,(H,20,21). The van der Waals surface area contributed by atoms with Crippen LogP contribution in [0, 0.1) is 0 Å². The maximum atomic E-state index is 13.4. The smallest absolute Gasteiger partial charge is 0.411 e. The average Bonchev–Trinajstić information content (AvgIpc) is 2.38. The molecule has 0 heterocycles. The van der Waals surface area contributed by atoms with Crippen molar-refractivity contribution >= 4 is 27.7 Å². The first-order chi connectivity index (χ1) is 9.35. The van der Waals surface area contributed by atoms with Crippen LogP contribution in [0.3, 0.4) is 0 Å². The molecular formula is C11H5BrF6O3. The van der Waals surface area contributed by atoms with Crippen molar-refractivity contribution in [3.63, 3.8) is 0 Å². The van der Waals surface area contributed by atoms with Gasteiger partial charge in [0, 0.05) is 10.0 Å². The second-order valence-electron chi connectivity index (χ2n) is 3.86. The van der Waals surface area contributed by atoms with Crippen LogP contribution in [0.15, 0.2) is 28.7 Å². The molecule has 0 saturated heterocycles. The highest BCUT2D eigenvalue weighted by atomic mass is 79.9. The zero-order valence-electron chi connectivity index (χ0n) is 9.72. The lowest BCUT2D eigenvalue weighted by Gasteiger charge is -2.29. The summed E-state index contributed by atoms with van der Waals surface area (Å²) in [5.41, 5.74) is -0.968. The van der Waals surface area contributed by atoms with Crippen LogP contribution in [0.25, 0.3) is 0 Å². The fourth-order valence-corrected chi connectivity index (χ4v) is 1.52. The van der Waals surface area contributed by atoms with E-state index in [4.69, 9.17) is 5.11 Å². The molecule has 21 heavy (non-hydrogen) atoms. The number of hydrogen-bond acceptors (Lipinski definition) is 2. The van der Waals surface area contributed by atoms with Gasteiger partial charge in [0.25, 0.3) is 0 Å². The fourth-order valence-electron chi connectivity index (χ4n) is 1.26. The second-order valence-corrected chi connectivity index (χ2v) is 4.78. The van der Waals surface area contributed by atoms with Crippen LogP contribution < -0.4 is 0 Å². The topological polar surface area (TPSA) is 54.4 Å². The Kier molecular flexibility index (Phi) is 4.42. The molecule has 3 nitrogen and oxygen atoms in total. The van der Waals surface area contributed by atoms with Crippen molar-refractivity contribution in [3.8, 4) is 0 Å². The Bertz CT molecular complexity index is 570. The summed E-state index contributed by atoms with van der Waals surface area (Å²) in [6.07, 6.45) is 0. The van der Waals surface area contributed by atoms with Gasteiger partial charge in [0.05, 0.1) is 0 Å². The first kappa shape index (κ1) is 17.5. The van der Waals surface area contributed by atoms with Crippen LogP contribution in [0.2, 0.25) is 0 Å². The molecule has 0 amide bonds. The lowest BCUT2D eigenvalue weighted by atomic mass is 9.96. The number of carboxylic acids is 1. The quantitative estimate of drug-likeness (QED) is 0.628. The molecule has 0 aliphatic heterocycles. The van der Waals surface area contributed by atoms with Gasteiger partial charge in [-0.3, -0.25) is 4.79 Å². The molecule has 0 aromatic heterocycles. The molecule has 1 aromatic carbocycles. The van der Waals surface area contributed by atoms with Gasteiger partial charge in [-0.25, -0.2) is 4.79 Å². The maximum Gasteiger partial charge on any atom is 0.411 e. The van der Waals surface area contributed by atoms with Crippen molar-refractivity contribution in [1.82, 2.24) is 0 Å². The monoisotopic (exact) mass is 378 g/mol. The summed E-state index contributed by atoms with van der Waals surface area (Å²) in [5, 5.41) is 7.95. The highest BCUT2D eigenvalue weighted by Gasteiger charge is 2.78. The minimum absolute atomic E-state index is 0.324. The summed E-state index contributed by atoms with van der Waals surface area (Å²) < 4.78 is 78.9. The number of carbonyl (C=O) groups is 2. The van der Waals surface area contributed by atoms with E-state index < -0.39 is 35.1 Å². The number of aliphatic carboxylic acids is 1. The Morgan fingerprint density at radius 1 is 0.905 bits per heavy atom. The van der Waals surface area contributed by atoms with Gasteiger partial charge in [-0.15, -0.1) is 0 Å². The summed E-state index contributed by atoms with van der Waals surface area (Å²) in [6.45, 7) is 0. The van der Waals surface area contributed by atoms with Crippen LogP contribution >= 0.6 is 15.9 Å². The van der Waals surface area contributed by atoms with E-state index in [-0.39, 0.29) is 0 Å². The van der Waals surface area contributed by atoms with E-state index in [1.54, 1.807) is 0 Å². The third-order valence-corrected chi connectivity index (χ3v) is 2.98. The van der Waals surface area contributed by atoms with E-state index in [0.29, 0.717) is 16.6 Å². The summed E-state index contributed by atoms with van der Waals surface area (Å²) in [5.74, 6) is -24.5. The van der Waals surface area contributed by atoms with E-state index in [0.717, 1.165) is 12.1 Å². The largest absolute Gasteiger partial charge is 0.477 e. The Labute approximate surface area is 121 Å². The molecule has 0 atom stereocenters. The first-order valence-corrected chi connectivity index (χ1v) is 5.82. The highest BCUT2D eigenvalue weighted by Crippen LogP contribution is 2.47. The minimum Gasteiger partial charge on any atom is -0.477 e. The second kappa shape index (κ2) is 5.32. The van der Waals surface area contributed by atoms with Gasteiger partial charge in [-0.05, 0) is 12.1 Å². The van der Waals surface area contributed by atoms with Gasteiger partial charge >= 0.3 is 23.7 Å². The molecule has 0 fully saturated rings. The number of alkyl halides is 6. The minimum atomic E-state index is -6.39. The van der Waals surface area contributed by atoms with Gasteiger partial charge in [0.2, 0.25) is 5.78 Å². The van der Waals surface area contributed by atoms with Crippen LogP contribution in [0.1, 0.15) is 10.4 Å². The predicted octanol–water partition coefficient (Wildman–Crippen LogP) is 3.62. The Morgan fingerprint density at radius 2 is 1.33 bits per heavy atom. The normalized spacial score (nSPS) is 13.1. The van der Waals surface area contributed by atoms with Gasteiger partial charge in [-0.2, -0.15) is 26.3 Å². The van der Waals surface area contributed by atoms with Crippen LogP contribution in [-0.4, -0.2) is 34.6 Å². The van der Waals surface area contributed by atoms with Crippen molar-refractivity contribution < 1.29 is 41.0 Å². The van der Waals surface area contributed by atoms with Crippen LogP contribution in [0.4, 0.5) is 26.3 Å². The van der Waals surface area contributed by atoms with Crippen molar-refractivity contribution in [2.45, 2.75) is 17.8 Å². The molecule has 0 radical (unpaired) electrons. The molecule has 1 aromatic rings. The van der Waals surface area contributed by atoms with Crippen LogP contribution in [0.5, 0.6) is 0 Å². The van der Waals surface area contributed by atoms with E-state index in [9.17, 15) is 35.9 Å². The molecule has 1 N–H and O–H groups in total. The lowest BCUT2D eigenvalue weighted by Crippen LogP contribution is -2.60. The Balaban J connectivity index is 3.29. The van der Waals surface area contributed by atoms with E-state index in [1.165, 1.54) is 0 Å². The number of rotatable bonds is 5. The SMILES string of the molecule is O=C(O)C(F)(F)C(F)(F)C(F)(F)C(=O)c1ccc(Br)cc1. The molecule has 1 rings (SSSR count). The number of halogens is 7. The van der Waals surface area contributed by atoms with Crippen molar-refractivity contribution in [2.24, 2.45) is 0 Å². The van der Waals surface area contributed by atoms with Crippen molar-refractivity contribution in [2.75, 3.05) is 0 Å². The van der Waals surface area contributed by atoms with Crippen LogP contribution in [-0.2, 0) is 4.79 Å². The molecule has 0 unspecified atom stereocenters. The van der Waals surface area contributed by atoms with Gasteiger partial charge < -0.3 is 5.11 Å². The number of Topliss-reactive ketones (excluding diaryl/α,β-unsaturated/α-hetero) is 1. The maximum absolute atomic E-state index is 13.4. The number of ketones is 1. The lowest BCUT2D eigenvalue weighted by molar-refractivity contribution is -0.285. The fraction of sp³-hybridized carbons (Fsp3) is 0.273. The molecule has 0 bridgehead atoms. The molecule has 0 spiro atoms. The molecule has 116 valence electrons.